The van der Waals surface area contributed by atoms with Gasteiger partial charge in [-0.2, -0.15) is 8.42 Å². The average Bonchev–Trinajstić information content (AvgIpc) is 2.92. The van der Waals surface area contributed by atoms with E-state index in [2.05, 4.69) is 16.5 Å². The van der Waals surface area contributed by atoms with Crippen molar-refractivity contribution in [3.63, 3.8) is 0 Å². The molecule has 3 rings (SSSR count). The van der Waals surface area contributed by atoms with Crippen molar-refractivity contribution in [3.8, 4) is 0 Å². The zero-order chi connectivity index (χ0) is 19.6. The van der Waals surface area contributed by atoms with Gasteiger partial charge in [-0.1, -0.05) is 22.9 Å². The zero-order valence-corrected chi connectivity index (χ0v) is 17.8. The Bertz CT molecular complexity index is 1130. The first-order chi connectivity index (χ1) is 12.8. The Kier molecular flexibility index (Phi) is 6.05. The van der Waals surface area contributed by atoms with Crippen molar-refractivity contribution >= 4 is 43.2 Å². The van der Waals surface area contributed by atoms with Gasteiger partial charge in [0, 0.05) is 18.2 Å². The van der Waals surface area contributed by atoms with Crippen LogP contribution in [0.25, 0.3) is 10.2 Å². The molecule has 0 radical (unpaired) electrons. The van der Waals surface area contributed by atoms with Crippen molar-refractivity contribution in [1.82, 2.24) is 4.57 Å². The lowest BCUT2D eigenvalue weighted by atomic mass is 10.1. The molecule has 8 heteroatoms. The van der Waals surface area contributed by atoms with E-state index in [1.807, 2.05) is 25.3 Å². The number of thiazole rings is 1. The van der Waals surface area contributed by atoms with Crippen molar-refractivity contribution in [3.05, 3.63) is 57.3 Å². The minimum atomic E-state index is -3.84. The molecule has 144 valence electrons. The zero-order valence-electron chi connectivity index (χ0n) is 15.4. The Morgan fingerprint density at radius 1 is 1.15 bits per heavy atom. The van der Waals surface area contributed by atoms with Gasteiger partial charge in [0.15, 0.2) is 0 Å². The molecule has 0 saturated carbocycles. The third-order valence-corrected chi connectivity index (χ3v) is 6.96. The third-order valence-electron chi connectivity index (χ3n) is 4.27. The van der Waals surface area contributed by atoms with Crippen LogP contribution in [0.2, 0.25) is 5.02 Å². The Balaban J connectivity index is 2.17. The molecule has 3 aromatic rings. The highest BCUT2D eigenvalue weighted by Gasteiger charge is 2.15. The molecule has 1 heterocycles. The van der Waals surface area contributed by atoms with E-state index >= 15 is 0 Å². The molecule has 0 fully saturated rings. The summed E-state index contributed by atoms with van der Waals surface area (Å²) in [6.45, 7) is 7.64. The van der Waals surface area contributed by atoms with Gasteiger partial charge < -0.3 is 9.30 Å². The molecule has 0 aliphatic heterocycles. The SMILES string of the molecule is CCOCCn1c(=NS(=O)(=O)c2ccc(Cl)cc2)sc2cc(C)c(C)cc21. The van der Waals surface area contributed by atoms with E-state index in [1.165, 1.54) is 23.5 Å². The monoisotopic (exact) mass is 424 g/mol. The Morgan fingerprint density at radius 2 is 1.81 bits per heavy atom. The molecule has 0 bridgehead atoms. The number of halogens is 1. The van der Waals surface area contributed by atoms with Gasteiger partial charge in [-0.25, -0.2) is 0 Å². The van der Waals surface area contributed by atoms with E-state index in [9.17, 15) is 8.42 Å². The van der Waals surface area contributed by atoms with Crippen LogP contribution in [0.1, 0.15) is 18.1 Å². The molecule has 27 heavy (non-hydrogen) atoms. The van der Waals surface area contributed by atoms with Gasteiger partial charge in [0.1, 0.15) is 0 Å². The van der Waals surface area contributed by atoms with Crippen molar-refractivity contribution < 1.29 is 13.2 Å². The number of nitrogens with zero attached hydrogens (tertiary/aromatic N) is 2. The number of ether oxygens (including phenoxy) is 1. The molecule has 0 aliphatic carbocycles. The second kappa shape index (κ2) is 8.14. The third kappa shape index (κ3) is 4.43. The van der Waals surface area contributed by atoms with Crippen LogP contribution in [0.3, 0.4) is 0 Å². The van der Waals surface area contributed by atoms with Crippen molar-refractivity contribution in [2.24, 2.45) is 4.40 Å². The van der Waals surface area contributed by atoms with E-state index in [0.29, 0.717) is 29.6 Å². The number of aromatic nitrogens is 1. The Labute approximate surface area is 168 Å². The second-order valence-corrected chi connectivity index (χ2v) is 9.21. The summed E-state index contributed by atoms with van der Waals surface area (Å²) >= 11 is 7.22. The predicted molar refractivity (Wildman–Crippen MR) is 110 cm³/mol. The molecule has 0 aliphatic rings. The van der Waals surface area contributed by atoms with Gasteiger partial charge in [-0.3, -0.25) is 0 Å². The van der Waals surface area contributed by atoms with Gasteiger partial charge in [0.25, 0.3) is 10.0 Å². The lowest BCUT2D eigenvalue weighted by Gasteiger charge is -2.07. The molecule has 5 nitrogen and oxygen atoms in total. The smallest absolute Gasteiger partial charge is 0.285 e. The van der Waals surface area contributed by atoms with Gasteiger partial charge >= 0.3 is 0 Å². The van der Waals surface area contributed by atoms with Crippen LogP contribution >= 0.6 is 22.9 Å². The predicted octanol–water partition coefficient (Wildman–Crippen LogP) is 4.30. The highest BCUT2D eigenvalue weighted by molar-refractivity contribution is 7.90. The highest BCUT2D eigenvalue weighted by Crippen LogP contribution is 2.23. The fraction of sp³-hybridized carbons (Fsp3) is 0.316. The largest absolute Gasteiger partial charge is 0.380 e. The molecule has 0 saturated heterocycles. The average molecular weight is 425 g/mol. The lowest BCUT2D eigenvalue weighted by Crippen LogP contribution is -2.20. The van der Waals surface area contributed by atoms with Gasteiger partial charge in [0.05, 0.1) is 21.7 Å². The minimum Gasteiger partial charge on any atom is -0.380 e. The molecular weight excluding hydrogens is 404 g/mol. The van der Waals surface area contributed by atoms with Gasteiger partial charge in [-0.15, -0.1) is 4.40 Å². The molecular formula is C19H21ClN2O3S2. The minimum absolute atomic E-state index is 0.119. The topological polar surface area (TPSA) is 60.7 Å². The highest BCUT2D eigenvalue weighted by atomic mass is 35.5. The fourth-order valence-electron chi connectivity index (χ4n) is 2.67. The first-order valence-electron chi connectivity index (χ1n) is 8.56. The molecule has 0 N–H and O–H groups in total. The normalized spacial score (nSPS) is 12.8. The van der Waals surface area contributed by atoms with E-state index in [0.717, 1.165) is 21.3 Å². The van der Waals surface area contributed by atoms with Gasteiger partial charge in [-0.05, 0) is 68.3 Å². The summed E-state index contributed by atoms with van der Waals surface area (Å²) in [5.41, 5.74) is 3.28. The second-order valence-electron chi connectivity index (χ2n) is 6.16. The van der Waals surface area contributed by atoms with Crippen LogP contribution in [0.4, 0.5) is 0 Å². The van der Waals surface area contributed by atoms with Crippen LogP contribution in [-0.2, 0) is 21.3 Å². The molecule has 0 spiro atoms. The molecule has 2 aromatic carbocycles. The number of sulfonamides is 1. The maximum absolute atomic E-state index is 12.8. The van der Waals surface area contributed by atoms with Crippen LogP contribution in [0.5, 0.6) is 0 Å². The summed E-state index contributed by atoms with van der Waals surface area (Å²) in [4.78, 5) is 0.553. The molecule has 0 amide bonds. The van der Waals surface area contributed by atoms with Crippen molar-refractivity contribution in [2.75, 3.05) is 13.2 Å². The summed E-state index contributed by atoms with van der Waals surface area (Å²) in [6, 6.07) is 10.2. The van der Waals surface area contributed by atoms with Crippen LogP contribution in [0, 0.1) is 13.8 Å². The summed E-state index contributed by atoms with van der Waals surface area (Å²) in [7, 11) is -3.84. The number of fused-ring (bicyclic) bond motifs is 1. The van der Waals surface area contributed by atoms with E-state index < -0.39 is 10.0 Å². The summed E-state index contributed by atoms with van der Waals surface area (Å²) in [5, 5.41) is 0.480. The van der Waals surface area contributed by atoms with Crippen molar-refractivity contribution in [2.45, 2.75) is 32.2 Å². The summed E-state index contributed by atoms with van der Waals surface area (Å²) in [6.07, 6.45) is 0. The number of benzene rings is 2. The summed E-state index contributed by atoms with van der Waals surface area (Å²) in [5.74, 6) is 0. The van der Waals surface area contributed by atoms with Crippen LogP contribution in [0.15, 0.2) is 45.7 Å². The van der Waals surface area contributed by atoms with Crippen LogP contribution in [-0.4, -0.2) is 26.2 Å². The van der Waals surface area contributed by atoms with Crippen LogP contribution < -0.4 is 4.80 Å². The maximum Gasteiger partial charge on any atom is 0.285 e. The summed E-state index contributed by atoms with van der Waals surface area (Å²) < 4.78 is 38.0. The van der Waals surface area contributed by atoms with Gasteiger partial charge in [0.2, 0.25) is 4.80 Å². The number of hydrogen-bond donors (Lipinski definition) is 0. The van der Waals surface area contributed by atoms with Crippen molar-refractivity contribution in [1.29, 1.82) is 0 Å². The number of rotatable bonds is 6. The number of hydrogen-bond acceptors (Lipinski definition) is 4. The lowest BCUT2D eigenvalue weighted by molar-refractivity contribution is 0.139. The fourth-order valence-corrected chi connectivity index (χ4v) is 5.13. The number of aryl methyl sites for hydroxylation is 2. The van der Waals surface area contributed by atoms with E-state index in [-0.39, 0.29) is 4.90 Å². The Hall–Kier alpha value is -1.67. The first kappa shape index (κ1) is 20.1. The standard InChI is InChI=1S/C19H21ClN2O3S2/c1-4-25-10-9-22-17-11-13(2)14(3)12-18(17)26-19(22)21-27(23,24)16-7-5-15(20)6-8-16/h5-8,11-12H,4,9-10H2,1-3H3. The quantitative estimate of drug-likeness (QED) is 0.554. The molecule has 1 aromatic heterocycles. The van der Waals surface area contributed by atoms with E-state index in [4.69, 9.17) is 16.3 Å². The maximum atomic E-state index is 12.8. The molecule has 0 atom stereocenters. The van der Waals surface area contributed by atoms with E-state index in [1.54, 1.807) is 12.1 Å². The molecule has 0 unspecified atom stereocenters. The Morgan fingerprint density at radius 3 is 2.48 bits per heavy atom. The first-order valence-corrected chi connectivity index (χ1v) is 11.2.